The molecule has 19 heavy (non-hydrogen) atoms. The molecule has 1 aromatic rings. The molecule has 0 atom stereocenters. The number of anilines is 1. The number of nitrogens with two attached hydrogens (primary N) is 1. The summed E-state index contributed by atoms with van der Waals surface area (Å²) in [5.41, 5.74) is 7.31. The van der Waals surface area contributed by atoms with E-state index in [0.29, 0.717) is 23.2 Å². The van der Waals surface area contributed by atoms with Crippen LogP contribution in [0.25, 0.3) is 0 Å². The molecule has 1 aromatic carbocycles. The van der Waals surface area contributed by atoms with E-state index in [-0.39, 0.29) is 5.84 Å². The first-order valence-electron chi connectivity index (χ1n) is 6.20. The van der Waals surface area contributed by atoms with Crippen molar-refractivity contribution in [3.8, 4) is 0 Å². The Morgan fingerprint density at radius 3 is 2.89 bits per heavy atom. The fraction of sp³-hybridized carbons (Fsp3) is 0.462. The van der Waals surface area contributed by atoms with Crippen LogP contribution in [0.3, 0.4) is 0 Å². The van der Waals surface area contributed by atoms with E-state index >= 15 is 0 Å². The van der Waals surface area contributed by atoms with Gasteiger partial charge in [0.1, 0.15) is 0 Å². The van der Waals surface area contributed by atoms with Crippen molar-refractivity contribution in [1.82, 2.24) is 0 Å². The van der Waals surface area contributed by atoms with Crippen LogP contribution in [0, 0.1) is 0 Å². The van der Waals surface area contributed by atoms with Gasteiger partial charge in [0.2, 0.25) is 0 Å². The summed E-state index contributed by atoms with van der Waals surface area (Å²) < 4.78 is 5.14. The number of hydrogen-bond donors (Lipinski definition) is 2. The first kappa shape index (κ1) is 14.0. The van der Waals surface area contributed by atoms with Gasteiger partial charge in [-0.3, -0.25) is 0 Å². The molecule has 0 heterocycles. The Labute approximate surface area is 117 Å². The first-order chi connectivity index (χ1) is 9.17. The molecule has 1 saturated carbocycles. The third kappa shape index (κ3) is 3.30. The Balaban J connectivity index is 2.36. The molecular weight excluding hydrogens is 266 g/mol. The van der Waals surface area contributed by atoms with Crippen molar-refractivity contribution < 1.29 is 9.94 Å². The van der Waals surface area contributed by atoms with E-state index in [9.17, 15) is 0 Å². The van der Waals surface area contributed by atoms with Crippen LogP contribution in [-0.4, -0.2) is 37.3 Å². The van der Waals surface area contributed by atoms with Crippen LogP contribution >= 0.6 is 11.6 Å². The number of amidine groups is 1. The number of ether oxygens (including phenoxy) is 1. The zero-order valence-corrected chi connectivity index (χ0v) is 11.6. The molecule has 0 saturated heterocycles. The normalized spacial score (nSPS) is 15.6. The van der Waals surface area contributed by atoms with Crippen molar-refractivity contribution in [2.45, 2.75) is 18.9 Å². The van der Waals surface area contributed by atoms with Crippen molar-refractivity contribution in [1.29, 1.82) is 0 Å². The van der Waals surface area contributed by atoms with Crippen molar-refractivity contribution in [2.24, 2.45) is 10.9 Å². The summed E-state index contributed by atoms with van der Waals surface area (Å²) in [7, 11) is 1.67. The van der Waals surface area contributed by atoms with E-state index in [1.165, 1.54) is 0 Å². The zero-order valence-electron chi connectivity index (χ0n) is 10.8. The second kappa shape index (κ2) is 6.12. The van der Waals surface area contributed by atoms with Crippen molar-refractivity contribution >= 4 is 23.1 Å². The number of nitrogens with zero attached hydrogens (tertiary/aromatic N) is 2. The maximum Gasteiger partial charge on any atom is 0.172 e. The predicted octanol–water partition coefficient (Wildman–Crippen LogP) is 2.05. The van der Waals surface area contributed by atoms with Crippen molar-refractivity contribution in [3.05, 3.63) is 28.8 Å². The smallest absolute Gasteiger partial charge is 0.172 e. The summed E-state index contributed by atoms with van der Waals surface area (Å²) in [6, 6.07) is 5.84. The fourth-order valence-electron chi connectivity index (χ4n) is 2.09. The lowest BCUT2D eigenvalue weighted by atomic mass is 10.1. The Kier molecular flexibility index (Phi) is 4.50. The quantitative estimate of drug-likeness (QED) is 0.363. The first-order valence-corrected chi connectivity index (χ1v) is 6.58. The molecule has 0 amide bonds. The van der Waals surface area contributed by atoms with E-state index in [1.807, 2.05) is 6.07 Å². The standard InChI is InChI=1S/C13H18ClN3O2/c1-19-7-6-17(10-3-4-10)12-8-9(14)2-5-11(12)13(15)16-18/h2,5,8,10,18H,3-4,6-7H2,1H3,(H2,15,16). The number of oxime groups is 1. The summed E-state index contributed by atoms with van der Waals surface area (Å²) in [4.78, 5) is 2.21. The van der Waals surface area contributed by atoms with Crippen molar-refractivity contribution in [2.75, 3.05) is 25.2 Å². The third-order valence-electron chi connectivity index (χ3n) is 3.18. The molecule has 104 valence electrons. The van der Waals surface area contributed by atoms with Crippen LogP contribution in [0.1, 0.15) is 18.4 Å². The van der Waals surface area contributed by atoms with Gasteiger partial charge in [-0.25, -0.2) is 0 Å². The van der Waals surface area contributed by atoms with E-state index in [1.54, 1.807) is 19.2 Å². The topological polar surface area (TPSA) is 71.1 Å². The lowest BCUT2D eigenvalue weighted by Gasteiger charge is -2.26. The van der Waals surface area contributed by atoms with Crippen molar-refractivity contribution in [3.63, 3.8) is 0 Å². The molecule has 0 spiro atoms. The minimum Gasteiger partial charge on any atom is -0.409 e. The lowest BCUT2D eigenvalue weighted by molar-refractivity contribution is 0.205. The Morgan fingerprint density at radius 1 is 1.58 bits per heavy atom. The third-order valence-corrected chi connectivity index (χ3v) is 3.41. The molecule has 3 N–H and O–H groups in total. The summed E-state index contributed by atoms with van der Waals surface area (Å²) in [5, 5.41) is 12.6. The average molecular weight is 284 g/mol. The zero-order chi connectivity index (χ0) is 13.8. The van der Waals surface area contributed by atoms with E-state index in [2.05, 4.69) is 10.1 Å². The van der Waals surface area contributed by atoms with Gasteiger partial charge in [-0.1, -0.05) is 16.8 Å². The van der Waals surface area contributed by atoms with Gasteiger partial charge in [0.05, 0.1) is 6.61 Å². The maximum absolute atomic E-state index is 8.88. The molecule has 0 aromatic heterocycles. The van der Waals surface area contributed by atoms with Gasteiger partial charge in [0, 0.05) is 36.0 Å². The molecule has 0 radical (unpaired) electrons. The SMILES string of the molecule is COCCN(c1cc(Cl)ccc1C(N)=NO)C1CC1. The molecule has 6 heteroatoms. The van der Waals surface area contributed by atoms with Gasteiger partial charge in [0.25, 0.3) is 0 Å². The average Bonchev–Trinajstić information content (AvgIpc) is 3.23. The van der Waals surface area contributed by atoms with Gasteiger partial charge in [-0.15, -0.1) is 0 Å². The van der Waals surface area contributed by atoms with Crippen LogP contribution in [-0.2, 0) is 4.74 Å². The molecular formula is C13H18ClN3O2. The molecule has 1 aliphatic carbocycles. The van der Waals surface area contributed by atoms with E-state index < -0.39 is 0 Å². The minimum atomic E-state index is 0.0923. The van der Waals surface area contributed by atoms with Gasteiger partial charge in [-0.2, -0.15) is 0 Å². The molecule has 5 nitrogen and oxygen atoms in total. The lowest BCUT2D eigenvalue weighted by Crippen LogP contribution is -2.31. The fourth-order valence-corrected chi connectivity index (χ4v) is 2.25. The molecule has 1 fully saturated rings. The number of methoxy groups -OCH3 is 1. The van der Waals surface area contributed by atoms with E-state index in [0.717, 1.165) is 25.1 Å². The monoisotopic (exact) mass is 283 g/mol. The number of halogens is 1. The van der Waals surface area contributed by atoms with Crippen LogP contribution in [0.5, 0.6) is 0 Å². The molecule has 1 aliphatic rings. The van der Waals surface area contributed by atoms with Crippen LogP contribution in [0.2, 0.25) is 5.02 Å². The highest BCUT2D eigenvalue weighted by molar-refractivity contribution is 6.31. The highest BCUT2D eigenvalue weighted by Crippen LogP contribution is 2.34. The number of rotatable bonds is 6. The second-order valence-electron chi connectivity index (χ2n) is 4.56. The summed E-state index contributed by atoms with van der Waals surface area (Å²) >= 11 is 6.07. The van der Waals surface area contributed by atoms with E-state index in [4.69, 9.17) is 27.3 Å². The van der Waals surface area contributed by atoms with Gasteiger partial charge < -0.3 is 20.6 Å². The summed E-state index contributed by atoms with van der Waals surface area (Å²) in [6.07, 6.45) is 2.29. The van der Waals surface area contributed by atoms with Crippen LogP contribution in [0.4, 0.5) is 5.69 Å². The highest BCUT2D eigenvalue weighted by atomic mass is 35.5. The Hall–Kier alpha value is -1.46. The maximum atomic E-state index is 8.88. The van der Waals surface area contributed by atoms with Gasteiger partial charge in [-0.05, 0) is 31.0 Å². The van der Waals surface area contributed by atoms with Crippen LogP contribution in [0.15, 0.2) is 23.4 Å². The highest BCUT2D eigenvalue weighted by Gasteiger charge is 2.30. The summed E-state index contributed by atoms with van der Waals surface area (Å²) in [5.74, 6) is 0.0923. The molecule has 0 aliphatic heterocycles. The Bertz CT molecular complexity index is 475. The summed E-state index contributed by atoms with van der Waals surface area (Å²) in [6.45, 7) is 1.38. The second-order valence-corrected chi connectivity index (χ2v) is 5.00. The van der Waals surface area contributed by atoms with Gasteiger partial charge in [0.15, 0.2) is 5.84 Å². The Morgan fingerprint density at radius 2 is 2.32 bits per heavy atom. The molecule has 2 rings (SSSR count). The molecule has 0 bridgehead atoms. The predicted molar refractivity (Wildman–Crippen MR) is 76.2 cm³/mol. The number of benzene rings is 1. The van der Waals surface area contributed by atoms with Crippen LogP contribution < -0.4 is 10.6 Å². The number of hydrogen-bond acceptors (Lipinski definition) is 4. The molecule has 0 unspecified atom stereocenters. The largest absolute Gasteiger partial charge is 0.409 e. The van der Waals surface area contributed by atoms with Gasteiger partial charge >= 0.3 is 0 Å². The minimum absolute atomic E-state index is 0.0923.